The third kappa shape index (κ3) is 39.2. The van der Waals surface area contributed by atoms with Crippen molar-refractivity contribution in [3.63, 3.8) is 0 Å². The van der Waals surface area contributed by atoms with Gasteiger partial charge >= 0.3 is 7.82 Å². The molecule has 0 aliphatic rings. The largest absolute Gasteiger partial charge is 0.472 e. The zero-order chi connectivity index (χ0) is 39.6. The van der Waals surface area contributed by atoms with Crippen molar-refractivity contribution < 1.29 is 28.4 Å². The molecule has 8 nitrogen and oxygen atoms in total. The molecule has 0 aliphatic heterocycles. The van der Waals surface area contributed by atoms with Crippen LogP contribution >= 0.6 is 7.82 Å². The summed E-state index contributed by atoms with van der Waals surface area (Å²) in [6, 6.07) is -0.862. The summed E-state index contributed by atoms with van der Waals surface area (Å²) in [4.78, 5) is 22.7. The van der Waals surface area contributed by atoms with Gasteiger partial charge in [-0.1, -0.05) is 199 Å². The van der Waals surface area contributed by atoms with E-state index in [1.165, 1.54) is 154 Å². The topological polar surface area (TPSA) is 131 Å². The molecule has 0 heterocycles. The molecule has 0 bridgehead atoms. The smallest absolute Gasteiger partial charge is 0.387 e. The Bertz CT molecular complexity index is 901. The zero-order valence-electron chi connectivity index (χ0n) is 35.5. The number of nitrogens with one attached hydrogen (secondary N) is 1. The van der Waals surface area contributed by atoms with Gasteiger partial charge in [-0.05, 0) is 44.9 Å². The van der Waals surface area contributed by atoms with Gasteiger partial charge in [-0.3, -0.25) is 13.8 Å². The monoisotopic (exact) mass is 785 g/mol. The van der Waals surface area contributed by atoms with Crippen molar-refractivity contribution in [2.75, 3.05) is 19.8 Å². The predicted molar refractivity (Wildman–Crippen MR) is 231 cm³/mol. The number of aliphatic hydroxyl groups is 1. The summed E-state index contributed by atoms with van der Waals surface area (Å²) in [7, 11) is -4.34. The SMILES string of the molecule is CCCCCCCCC/C=C\CCCCCCCC(=O)NC(COP(=O)(O)OCCN)C(O)/C=C/CCCCCCCCCCCCCCCCCCC. The first-order valence-electron chi connectivity index (χ1n) is 23.0. The summed E-state index contributed by atoms with van der Waals surface area (Å²) < 4.78 is 22.1. The highest BCUT2D eigenvalue weighted by atomic mass is 31.2. The number of carbonyl (C=O) groups excluding carboxylic acids is 1. The van der Waals surface area contributed by atoms with Crippen molar-refractivity contribution in [3.05, 3.63) is 24.3 Å². The molecule has 0 rings (SSSR count). The molecule has 320 valence electrons. The molecule has 0 fully saturated rings. The second-order valence-corrected chi connectivity index (χ2v) is 17.1. The van der Waals surface area contributed by atoms with Crippen LogP contribution in [0.2, 0.25) is 0 Å². The average Bonchev–Trinajstić information content (AvgIpc) is 3.16. The molecule has 0 spiro atoms. The Kier molecular flexibility index (Phi) is 40.8. The summed E-state index contributed by atoms with van der Waals surface area (Å²) >= 11 is 0. The van der Waals surface area contributed by atoms with E-state index >= 15 is 0 Å². The maximum Gasteiger partial charge on any atom is 0.472 e. The van der Waals surface area contributed by atoms with Crippen molar-refractivity contribution >= 4 is 13.7 Å². The Labute approximate surface area is 334 Å². The van der Waals surface area contributed by atoms with E-state index in [1.54, 1.807) is 6.08 Å². The number of allylic oxidation sites excluding steroid dienone is 3. The molecule has 54 heavy (non-hydrogen) atoms. The number of nitrogens with two attached hydrogens (primary N) is 1. The van der Waals surface area contributed by atoms with Gasteiger partial charge in [0.1, 0.15) is 0 Å². The highest BCUT2D eigenvalue weighted by molar-refractivity contribution is 7.47. The predicted octanol–water partition coefficient (Wildman–Crippen LogP) is 12.9. The Morgan fingerprint density at radius 2 is 0.963 bits per heavy atom. The standard InChI is InChI=1S/C45H89N2O6P/c1-3-5-7-9-11-13-15-17-19-21-22-23-24-26-28-30-32-34-36-38-44(48)43(42-53-54(50,51)52-41-40-46)47-45(49)39-37-35-33-31-29-27-25-20-18-16-14-12-10-8-6-4-2/h20,25,36,38,43-44,48H,3-19,21-24,26-35,37,39-42,46H2,1-2H3,(H,47,49)(H,50,51)/b25-20-,38-36+. The molecule has 0 aromatic heterocycles. The second kappa shape index (κ2) is 41.6. The first-order valence-corrected chi connectivity index (χ1v) is 24.5. The average molecular weight is 785 g/mol. The van der Waals surface area contributed by atoms with Crippen molar-refractivity contribution in [1.82, 2.24) is 5.32 Å². The van der Waals surface area contributed by atoms with Crippen LogP contribution in [0.4, 0.5) is 0 Å². The van der Waals surface area contributed by atoms with Gasteiger partial charge in [0.25, 0.3) is 0 Å². The fourth-order valence-electron chi connectivity index (χ4n) is 6.77. The van der Waals surface area contributed by atoms with Crippen molar-refractivity contribution in [2.24, 2.45) is 5.73 Å². The Balaban J connectivity index is 4.18. The van der Waals surface area contributed by atoms with Gasteiger partial charge in [0.05, 0.1) is 25.4 Å². The molecular formula is C45H89N2O6P. The van der Waals surface area contributed by atoms with Crippen molar-refractivity contribution in [2.45, 2.75) is 238 Å². The van der Waals surface area contributed by atoms with Gasteiger partial charge in [-0.25, -0.2) is 4.57 Å². The van der Waals surface area contributed by atoms with E-state index in [4.69, 9.17) is 14.8 Å². The molecule has 9 heteroatoms. The first-order chi connectivity index (χ1) is 26.4. The minimum atomic E-state index is -4.34. The summed E-state index contributed by atoms with van der Waals surface area (Å²) in [5.41, 5.74) is 5.38. The maximum atomic E-state index is 12.8. The van der Waals surface area contributed by atoms with Gasteiger partial charge < -0.3 is 21.1 Å². The normalized spacial score (nSPS) is 14.2. The molecule has 3 unspecified atom stereocenters. The molecular weight excluding hydrogens is 695 g/mol. The first kappa shape index (κ1) is 53.0. The van der Waals surface area contributed by atoms with Crippen LogP contribution in [0.5, 0.6) is 0 Å². The van der Waals surface area contributed by atoms with E-state index in [1.807, 2.05) is 6.08 Å². The second-order valence-electron chi connectivity index (χ2n) is 15.6. The molecule has 5 N–H and O–H groups in total. The van der Waals surface area contributed by atoms with Gasteiger partial charge in [0.15, 0.2) is 0 Å². The number of phosphoric ester groups is 1. The lowest BCUT2D eigenvalue weighted by Gasteiger charge is -2.23. The molecule has 0 aromatic carbocycles. The van der Waals surface area contributed by atoms with Gasteiger partial charge in [0.2, 0.25) is 5.91 Å². The molecule has 0 radical (unpaired) electrons. The van der Waals surface area contributed by atoms with Crippen LogP contribution in [-0.4, -0.2) is 47.8 Å². The third-order valence-corrected chi connectivity index (χ3v) is 11.3. The van der Waals surface area contributed by atoms with Crippen LogP contribution in [0.1, 0.15) is 226 Å². The minimum Gasteiger partial charge on any atom is -0.387 e. The van der Waals surface area contributed by atoms with Gasteiger partial charge in [-0.2, -0.15) is 0 Å². The fourth-order valence-corrected chi connectivity index (χ4v) is 7.53. The minimum absolute atomic E-state index is 0.0782. The van der Waals surface area contributed by atoms with Crippen LogP contribution in [0.25, 0.3) is 0 Å². The molecule has 0 aromatic rings. The van der Waals surface area contributed by atoms with E-state index in [0.717, 1.165) is 51.4 Å². The summed E-state index contributed by atoms with van der Waals surface area (Å²) in [6.07, 6.45) is 48.0. The lowest BCUT2D eigenvalue weighted by Crippen LogP contribution is -2.45. The van der Waals surface area contributed by atoms with E-state index in [2.05, 4.69) is 31.3 Å². The lowest BCUT2D eigenvalue weighted by atomic mass is 10.0. The number of carbonyl (C=O) groups is 1. The Hall–Kier alpha value is -1.02. The van der Waals surface area contributed by atoms with Crippen LogP contribution in [0, 0.1) is 0 Å². The Morgan fingerprint density at radius 1 is 0.593 bits per heavy atom. The van der Waals surface area contributed by atoms with Gasteiger partial charge in [0, 0.05) is 13.0 Å². The summed E-state index contributed by atoms with van der Waals surface area (Å²) in [6.45, 7) is 4.15. The number of aliphatic hydroxyl groups excluding tert-OH is 1. The van der Waals surface area contributed by atoms with Gasteiger partial charge in [-0.15, -0.1) is 0 Å². The van der Waals surface area contributed by atoms with Crippen LogP contribution in [-0.2, 0) is 18.4 Å². The summed E-state index contributed by atoms with van der Waals surface area (Å²) in [5.74, 6) is -0.201. The van der Waals surface area contributed by atoms with E-state index in [9.17, 15) is 19.4 Å². The number of amides is 1. The number of phosphoric acid groups is 1. The lowest BCUT2D eigenvalue weighted by molar-refractivity contribution is -0.123. The fraction of sp³-hybridized carbons (Fsp3) is 0.889. The van der Waals surface area contributed by atoms with E-state index in [0.29, 0.717) is 6.42 Å². The molecule has 0 saturated carbocycles. The van der Waals surface area contributed by atoms with Crippen LogP contribution in [0.3, 0.4) is 0 Å². The van der Waals surface area contributed by atoms with Crippen molar-refractivity contribution in [3.8, 4) is 0 Å². The van der Waals surface area contributed by atoms with E-state index in [-0.39, 0.29) is 25.7 Å². The van der Waals surface area contributed by atoms with Crippen LogP contribution < -0.4 is 11.1 Å². The van der Waals surface area contributed by atoms with Crippen LogP contribution in [0.15, 0.2) is 24.3 Å². The maximum absolute atomic E-state index is 12.8. The molecule has 3 atom stereocenters. The van der Waals surface area contributed by atoms with E-state index < -0.39 is 20.0 Å². The molecule has 0 aliphatic carbocycles. The highest BCUT2D eigenvalue weighted by Crippen LogP contribution is 2.43. The van der Waals surface area contributed by atoms with Crippen molar-refractivity contribution in [1.29, 1.82) is 0 Å². The molecule has 0 saturated heterocycles. The summed E-state index contributed by atoms with van der Waals surface area (Å²) in [5, 5.41) is 13.7. The number of hydrogen-bond acceptors (Lipinski definition) is 6. The number of unbranched alkanes of at least 4 members (excludes halogenated alkanes) is 29. The quantitative estimate of drug-likeness (QED) is 0.0275. The number of hydrogen-bond donors (Lipinski definition) is 4. The number of rotatable bonds is 43. The zero-order valence-corrected chi connectivity index (χ0v) is 36.4. The highest BCUT2D eigenvalue weighted by Gasteiger charge is 2.26. The molecule has 1 amide bonds. The Morgan fingerprint density at radius 3 is 1.37 bits per heavy atom. The third-order valence-electron chi connectivity index (χ3n) is 10.3.